The minimum Gasteiger partial charge on any atom is -0.496 e. The van der Waals surface area contributed by atoms with E-state index in [2.05, 4.69) is 0 Å². The maximum absolute atomic E-state index is 13.1. The van der Waals surface area contributed by atoms with Gasteiger partial charge in [0.15, 0.2) is 0 Å². The summed E-state index contributed by atoms with van der Waals surface area (Å²) >= 11 is 0. The first-order valence-electron chi connectivity index (χ1n) is 5.34. The second-order valence-corrected chi connectivity index (χ2v) is 3.80. The van der Waals surface area contributed by atoms with Crippen LogP contribution in [0.1, 0.15) is 18.9 Å². The third kappa shape index (κ3) is 3.18. The van der Waals surface area contributed by atoms with E-state index >= 15 is 0 Å². The van der Waals surface area contributed by atoms with Crippen molar-refractivity contribution in [2.24, 2.45) is 5.73 Å². The third-order valence-electron chi connectivity index (χ3n) is 2.61. The number of hydrogen-bond donors (Lipinski definition) is 2. The molecular weight excluding hydrogens is 209 g/mol. The van der Waals surface area contributed by atoms with Crippen LogP contribution in [-0.2, 0) is 6.42 Å². The molecule has 0 radical (unpaired) electrons. The Kier molecular flexibility index (Phi) is 4.71. The van der Waals surface area contributed by atoms with Crippen LogP contribution in [0.5, 0.6) is 5.75 Å². The lowest BCUT2D eigenvalue weighted by Crippen LogP contribution is -2.36. The molecule has 3 nitrogen and oxygen atoms in total. The molecule has 1 rings (SSSR count). The molecule has 0 fully saturated rings. The summed E-state index contributed by atoms with van der Waals surface area (Å²) < 4.78 is 18.2. The van der Waals surface area contributed by atoms with E-state index in [0.29, 0.717) is 24.2 Å². The molecule has 0 saturated carbocycles. The van der Waals surface area contributed by atoms with Crippen LogP contribution in [0.25, 0.3) is 0 Å². The van der Waals surface area contributed by atoms with Crippen LogP contribution in [-0.4, -0.2) is 24.4 Å². The standard InChI is InChI=1S/C12H18FNO2/c1-3-11(15)10(14)7-8-6-9(13)4-5-12(8)16-2/h4-6,10-11,15H,3,7,14H2,1-2H3. The molecule has 0 saturated heterocycles. The van der Waals surface area contributed by atoms with Gasteiger partial charge in [-0.25, -0.2) is 4.39 Å². The molecule has 2 atom stereocenters. The van der Waals surface area contributed by atoms with Gasteiger partial charge >= 0.3 is 0 Å². The molecule has 0 amide bonds. The molecule has 0 aromatic heterocycles. The van der Waals surface area contributed by atoms with Gasteiger partial charge in [-0.2, -0.15) is 0 Å². The lowest BCUT2D eigenvalue weighted by molar-refractivity contribution is 0.139. The van der Waals surface area contributed by atoms with E-state index in [1.807, 2.05) is 6.92 Å². The van der Waals surface area contributed by atoms with E-state index in [1.54, 1.807) is 6.07 Å². The SMILES string of the molecule is CCC(O)C(N)Cc1cc(F)ccc1OC. The van der Waals surface area contributed by atoms with Gasteiger partial charge < -0.3 is 15.6 Å². The van der Waals surface area contributed by atoms with E-state index in [0.717, 1.165) is 0 Å². The van der Waals surface area contributed by atoms with Gasteiger partial charge in [0.05, 0.1) is 13.2 Å². The van der Waals surface area contributed by atoms with Gasteiger partial charge in [-0.3, -0.25) is 0 Å². The van der Waals surface area contributed by atoms with Gasteiger partial charge in [0.1, 0.15) is 11.6 Å². The summed E-state index contributed by atoms with van der Waals surface area (Å²) in [5, 5.41) is 9.56. The van der Waals surface area contributed by atoms with E-state index in [9.17, 15) is 9.50 Å². The van der Waals surface area contributed by atoms with Gasteiger partial charge in [-0.05, 0) is 36.6 Å². The molecule has 0 aliphatic carbocycles. The zero-order valence-corrected chi connectivity index (χ0v) is 9.61. The van der Waals surface area contributed by atoms with Gasteiger partial charge in [0, 0.05) is 6.04 Å². The van der Waals surface area contributed by atoms with Crippen molar-refractivity contribution >= 4 is 0 Å². The second kappa shape index (κ2) is 5.82. The van der Waals surface area contributed by atoms with Crippen LogP contribution >= 0.6 is 0 Å². The largest absolute Gasteiger partial charge is 0.496 e. The Hall–Kier alpha value is -1.13. The molecule has 90 valence electrons. The van der Waals surface area contributed by atoms with Gasteiger partial charge in [0.25, 0.3) is 0 Å². The summed E-state index contributed by atoms with van der Waals surface area (Å²) in [6, 6.07) is 3.89. The predicted octanol–water partition coefficient (Wildman–Crippen LogP) is 1.48. The molecule has 2 unspecified atom stereocenters. The Morgan fingerprint density at radius 3 is 2.75 bits per heavy atom. The highest BCUT2D eigenvalue weighted by Gasteiger charge is 2.15. The fraction of sp³-hybridized carbons (Fsp3) is 0.500. The number of rotatable bonds is 5. The number of methoxy groups -OCH3 is 1. The first-order chi connectivity index (χ1) is 7.58. The van der Waals surface area contributed by atoms with Crippen LogP contribution in [0.15, 0.2) is 18.2 Å². The Morgan fingerprint density at radius 1 is 1.50 bits per heavy atom. The Bertz CT molecular complexity index is 344. The predicted molar refractivity (Wildman–Crippen MR) is 60.9 cm³/mol. The van der Waals surface area contributed by atoms with Crippen LogP contribution < -0.4 is 10.5 Å². The molecule has 0 aliphatic rings. The van der Waals surface area contributed by atoms with Gasteiger partial charge in [0.2, 0.25) is 0 Å². The molecular formula is C12H18FNO2. The summed E-state index contributed by atoms with van der Waals surface area (Å²) in [6.07, 6.45) is 0.405. The van der Waals surface area contributed by atoms with E-state index < -0.39 is 12.1 Å². The maximum Gasteiger partial charge on any atom is 0.123 e. The summed E-state index contributed by atoms with van der Waals surface area (Å²) in [6.45, 7) is 1.85. The smallest absolute Gasteiger partial charge is 0.123 e. The Balaban J connectivity index is 2.82. The average molecular weight is 227 g/mol. The summed E-state index contributed by atoms with van der Waals surface area (Å²) in [7, 11) is 1.53. The van der Waals surface area contributed by atoms with Crippen LogP contribution in [0.3, 0.4) is 0 Å². The summed E-state index contributed by atoms with van der Waals surface area (Å²) in [5.74, 6) is 0.272. The third-order valence-corrected chi connectivity index (χ3v) is 2.61. The first kappa shape index (κ1) is 12.9. The number of halogens is 1. The highest BCUT2D eigenvalue weighted by Crippen LogP contribution is 2.21. The van der Waals surface area contributed by atoms with Crippen molar-refractivity contribution in [3.63, 3.8) is 0 Å². The topological polar surface area (TPSA) is 55.5 Å². The molecule has 0 bridgehead atoms. The highest BCUT2D eigenvalue weighted by molar-refractivity contribution is 5.34. The molecule has 0 aliphatic heterocycles. The molecule has 4 heteroatoms. The van der Waals surface area contributed by atoms with E-state index in [-0.39, 0.29) is 5.82 Å². The van der Waals surface area contributed by atoms with Crippen molar-refractivity contribution in [2.45, 2.75) is 31.9 Å². The molecule has 0 spiro atoms. The lowest BCUT2D eigenvalue weighted by Gasteiger charge is -2.18. The number of aliphatic hydroxyl groups is 1. The van der Waals surface area contributed by atoms with Crippen LogP contribution in [0, 0.1) is 5.82 Å². The molecule has 1 aromatic carbocycles. The Morgan fingerprint density at radius 2 is 2.19 bits per heavy atom. The van der Waals surface area contributed by atoms with Gasteiger partial charge in [-0.1, -0.05) is 6.92 Å². The number of nitrogens with two attached hydrogens (primary N) is 1. The minimum atomic E-state index is -0.576. The molecule has 16 heavy (non-hydrogen) atoms. The average Bonchev–Trinajstić information content (AvgIpc) is 2.28. The van der Waals surface area contributed by atoms with Crippen molar-refractivity contribution in [1.29, 1.82) is 0 Å². The zero-order chi connectivity index (χ0) is 12.1. The summed E-state index contributed by atoms with van der Waals surface area (Å²) in [4.78, 5) is 0. The fourth-order valence-electron chi connectivity index (χ4n) is 1.60. The normalized spacial score (nSPS) is 14.6. The van der Waals surface area contributed by atoms with Crippen molar-refractivity contribution in [2.75, 3.05) is 7.11 Å². The van der Waals surface area contributed by atoms with Crippen molar-refractivity contribution in [3.05, 3.63) is 29.6 Å². The van der Waals surface area contributed by atoms with Gasteiger partial charge in [-0.15, -0.1) is 0 Å². The summed E-state index contributed by atoms with van der Waals surface area (Å²) in [5.41, 5.74) is 6.49. The molecule has 0 heterocycles. The first-order valence-corrected chi connectivity index (χ1v) is 5.34. The highest BCUT2D eigenvalue weighted by atomic mass is 19.1. The van der Waals surface area contributed by atoms with E-state index in [1.165, 1.54) is 19.2 Å². The number of hydrogen-bond acceptors (Lipinski definition) is 3. The molecule has 1 aromatic rings. The van der Waals surface area contributed by atoms with Crippen molar-refractivity contribution in [1.82, 2.24) is 0 Å². The van der Waals surface area contributed by atoms with Crippen LogP contribution in [0.4, 0.5) is 4.39 Å². The number of ether oxygens (including phenoxy) is 1. The number of benzene rings is 1. The zero-order valence-electron chi connectivity index (χ0n) is 9.61. The Labute approximate surface area is 95.0 Å². The minimum absolute atomic E-state index is 0.325. The molecule has 3 N–H and O–H groups in total. The quantitative estimate of drug-likeness (QED) is 0.801. The van der Waals surface area contributed by atoms with E-state index in [4.69, 9.17) is 10.5 Å². The van der Waals surface area contributed by atoms with Crippen molar-refractivity contribution in [3.8, 4) is 5.75 Å². The van der Waals surface area contributed by atoms with Crippen LogP contribution in [0.2, 0.25) is 0 Å². The fourth-order valence-corrected chi connectivity index (χ4v) is 1.60. The maximum atomic E-state index is 13.1. The second-order valence-electron chi connectivity index (χ2n) is 3.80. The monoisotopic (exact) mass is 227 g/mol. The number of aliphatic hydroxyl groups excluding tert-OH is 1. The lowest BCUT2D eigenvalue weighted by atomic mass is 10.00. The van der Waals surface area contributed by atoms with Crippen molar-refractivity contribution < 1.29 is 14.2 Å².